The number of hydrogen-bond acceptors (Lipinski definition) is 2. The molecule has 0 aliphatic rings. The Bertz CT molecular complexity index is 549. The van der Waals surface area contributed by atoms with E-state index < -0.39 is 0 Å². The molecule has 1 aromatic carbocycles. The van der Waals surface area contributed by atoms with Gasteiger partial charge in [-0.2, -0.15) is 5.10 Å². The van der Waals surface area contributed by atoms with Crippen LogP contribution in [-0.4, -0.2) is 16.3 Å². The van der Waals surface area contributed by atoms with E-state index in [2.05, 4.69) is 68.3 Å². The van der Waals surface area contributed by atoms with Crippen LogP contribution in [0, 0.1) is 5.92 Å². The molecule has 0 spiro atoms. The third-order valence-corrected chi connectivity index (χ3v) is 3.61. The average molecular weight is 387 g/mol. The third-order valence-electron chi connectivity index (χ3n) is 2.71. The Morgan fingerprint density at radius 2 is 2.05 bits per heavy atom. The summed E-state index contributed by atoms with van der Waals surface area (Å²) in [6, 6.07) is 6.25. The van der Waals surface area contributed by atoms with Crippen LogP contribution in [0.25, 0.3) is 5.69 Å². The van der Waals surface area contributed by atoms with E-state index in [1.165, 1.54) is 5.56 Å². The van der Waals surface area contributed by atoms with E-state index in [0.717, 1.165) is 27.7 Å². The van der Waals surface area contributed by atoms with E-state index in [4.69, 9.17) is 0 Å². The highest BCUT2D eigenvalue weighted by molar-refractivity contribution is 9.10. The summed E-state index contributed by atoms with van der Waals surface area (Å²) in [5.41, 5.74) is 2.33. The van der Waals surface area contributed by atoms with Gasteiger partial charge in [-0.15, -0.1) is 0 Å². The van der Waals surface area contributed by atoms with Crippen molar-refractivity contribution in [2.24, 2.45) is 5.92 Å². The molecule has 1 aromatic heterocycles. The van der Waals surface area contributed by atoms with Crippen molar-refractivity contribution in [1.29, 1.82) is 0 Å². The molecule has 0 unspecified atom stereocenters. The molecule has 0 atom stereocenters. The SMILES string of the molecule is CC(C)CNCc1cc(Br)ccc1-n1cc(Br)cn1. The topological polar surface area (TPSA) is 29.9 Å². The Morgan fingerprint density at radius 1 is 1.26 bits per heavy atom. The van der Waals surface area contributed by atoms with E-state index in [1.54, 1.807) is 6.20 Å². The maximum atomic E-state index is 4.35. The summed E-state index contributed by atoms with van der Waals surface area (Å²) in [4.78, 5) is 0. The Kier molecular flexibility index (Phi) is 5.19. The summed E-state index contributed by atoms with van der Waals surface area (Å²) in [6.45, 7) is 6.26. The number of halogens is 2. The zero-order chi connectivity index (χ0) is 13.8. The third kappa shape index (κ3) is 4.16. The zero-order valence-corrected chi connectivity index (χ0v) is 14.2. The van der Waals surface area contributed by atoms with Crippen molar-refractivity contribution >= 4 is 31.9 Å². The summed E-state index contributed by atoms with van der Waals surface area (Å²) < 4.78 is 3.96. The van der Waals surface area contributed by atoms with Gasteiger partial charge in [0.2, 0.25) is 0 Å². The molecule has 2 rings (SSSR count). The fourth-order valence-electron chi connectivity index (χ4n) is 1.85. The van der Waals surface area contributed by atoms with Gasteiger partial charge in [0, 0.05) is 17.2 Å². The van der Waals surface area contributed by atoms with Crippen molar-refractivity contribution in [2.45, 2.75) is 20.4 Å². The maximum Gasteiger partial charge on any atom is 0.0691 e. The molecule has 5 heteroatoms. The van der Waals surface area contributed by atoms with E-state index in [1.807, 2.05) is 16.9 Å². The van der Waals surface area contributed by atoms with E-state index in [9.17, 15) is 0 Å². The van der Waals surface area contributed by atoms with E-state index in [-0.39, 0.29) is 0 Å². The van der Waals surface area contributed by atoms with Gasteiger partial charge in [0.25, 0.3) is 0 Å². The molecule has 102 valence electrons. The van der Waals surface area contributed by atoms with Gasteiger partial charge in [0.1, 0.15) is 0 Å². The Hall–Kier alpha value is -0.650. The molecular formula is C14H17Br2N3. The fraction of sp³-hybridized carbons (Fsp3) is 0.357. The van der Waals surface area contributed by atoms with Crippen LogP contribution in [0.1, 0.15) is 19.4 Å². The largest absolute Gasteiger partial charge is 0.312 e. The van der Waals surface area contributed by atoms with Crippen LogP contribution in [0.4, 0.5) is 0 Å². The standard InChI is InChI=1S/C14H17Br2N3/c1-10(2)6-17-7-11-5-12(15)3-4-14(11)19-9-13(16)8-18-19/h3-5,8-10,17H,6-7H2,1-2H3. The van der Waals surface area contributed by atoms with Crippen molar-refractivity contribution in [3.05, 3.63) is 45.1 Å². The molecule has 0 bridgehead atoms. The van der Waals surface area contributed by atoms with Gasteiger partial charge in [0.05, 0.1) is 16.4 Å². The monoisotopic (exact) mass is 385 g/mol. The van der Waals surface area contributed by atoms with Crippen LogP contribution >= 0.6 is 31.9 Å². The van der Waals surface area contributed by atoms with Gasteiger partial charge < -0.3 is 5.32 Å². The molecule has 0 saturated heterocycles. The predicted octanol–water partition coefficient (Wildman–Crippen LogP) is 4.14. The lowest BCUT2D eigenvalue weighted by Gasteiger charge is -2.12. The van der Waals surface area contributed by atoms with Crippen molar-refractivity contribution < 1.29 is 0 Å². The first-order valence-corrected chi connectivity index (χ1v) is 7.84. The number of hydrogen-bond donors (Lipinski definition) is 1. The van der Waals surface area contributed by atoms with Gasteiger partial charge in [-0.1, -0.05) is 29.8 Å². The molecular weight excluding hydrogens is 370 g/mol. The number of nitrogens with zero attached hydrogens (tertiary/aromatic N) is 2. The molecule has 0 saturated carbocycles. The van der Waals surface area contributed by atoms with E-state index in [0.29, 0.717) is 5.92 Å². The number of nitrogens with one attached hydrogen (secondary N) is 1. The zero-order valence-electron chi connectivity index (χ0n) is 11.0. The molecule has 3 nitrogen and oxygen atoms in total. The number of rotatable bonds is 5. The summed E-state index contributed by atoms with van der Waals surface area (Å²) in [7, 11) is 0. The molecule has 19 heavy (non-hydrogen) atoms. The summed E-state index contributed by atoms with van der Waals surface area (Å²) in [5.74, 6) is 0.648. The predicted molar refractivity (Wildman–Crippen MR) is 85.5 cm³/mol. The summed E-state index contributed by atoms with van der Waals surface area (Å²) in [5, 5.41) is 7.82. The first-order valence-electron chi connectivity index (χ1n) is 6.26. The number of aromatic nitrogens is 2. The number of benzene rings is 1. The smallest absolute Gasteiger partial charge is 0.0691 e. The van der Waals surface area contributed by atoms with Gasteiger partial charge in [0.15, 0.2) is 0 Å². The molecule has 0 fully saturated rings. The van der Waals surface area contributed by atoms with Crippen LogP contribution in [-0.2, 0) is 6.54 Å². The van der Waals surface area contributed by atoms with Crippen molar-refractivity contribution in [3.8, 4) is 5.69 Å². The first kappa shape index (κ1) is 14.8. The fourth-order valence-corrected chi connectivity index (χ4v) is 2.54. The van der Waals surface area contributed by atoms with Gasteiger partial charge in [-0.3, -0.25) is 0 Å². The van der Waals surface area contributed by atoms with Gasteiger partial charge in [-0.05, 0) is 52.2 Å². The second kappa shape index (κ2) is 6.68. The summed E-state index contributed by atoms with van der Waals surface area (Å²) in [6.07, 6.45) is 3.77. The molecule has 0 aliphatic heterocycles. The van der Waals surface area contributed by atoms with Crippen LogP contribution in [0.15, 0.2) is 39.5 Å². The highest BCUT2D eigenvalue weighted by Gasteiger charge is 2.07. The second-order valence-electron chi connectivity index (χ2n) is 4.90. The molecule has 2 aromatic rings. The van der Waals surface area contributed by atoms with Crippen molar-refractivity contribution in [2.75, 3.05) is 6.54 Å². The minimum Gasteiger partial charge on any atom is -0.312 e. The molecule has 0 aliphatic carbocycles. The molecule has 1 heterocycles. The van der Waals surface area contributed by atoms with Crippen molar-refractivity contribution in [1.82, 2.24) is 15.1 Å². The molecule has 0 radical (unpaired) electrons. The Morgan fingerprint density at radius 3 is 2.68 bits per heavy atom. The highest BCUT2D eigenvalue weighted by Crippen LogP contribution is 2.21. The van der Waals surface area contributed by atoms with Crippen LogP contribution in [0.2, 0.25) is 0 Å². The van der Waals surface area contributed by atoms with Gasteiger partial charge >= 0.3 is 0 Å². The minimum absolute atomic E-state index is 0.648. The summed E-state index contributed by atoms with van der Waals surface area (Å²) >= 11 is 6.96. The normalized spacial score (nSPS) is 11.2. The van der Waals surface area contributed by atoms with Crippen LogP contribution < -0.4 is 5.32 Å². The quantitative estimate of drug-likeness (QED) is 0.836. The molecule has 1 N–H and O–H groups in total. The lowest BCUT2D eigenvalue weighted by molar-refractivity contribution is 0.551. The van der Waals surface area contributed by atoms with Crippen LogP contribution in [0.5, 0.6) is 0 Å². The minimum atomic E-state index is 0.648. The second-order valence-corrected chi connectivity index (χ2v) is 6.73. The Balaban J connectivity index is 2.23. The van der Waals surface area contributed by atoms with Crippen LogP contribution in [0.3, 0.4) is 0 Å². The Labute approximate surface area is 130 Å². The first-order chi connectivity index (χ1) is 9.06. The lowest BCUT2D eigenvalue weighted by Crippen LogP contribution is -2.20. The maximum absolute atomic E-state index is 4.35. The highest BCUT2D eigenvalue weighted by atomic mass is 79.9. The average Bonchev–Trinajstić information content (AvgIpc) is 2.75. The lowest BCUT2D eigenvalue weighted by atomic mass is 10.1. The van der Waals surface area contributed by atoms with E-state index >= 15 is 0 Å². The molecule has 0 amide bonds. The van der Waals surface area contributed by atoms with Crippen molar-refractivity contribution in [3.63, 3.8) is 0 Å². The van der Waals surface area contributed by atoms with Gasteiger partial charge in [-0.25, -0.2) is 4.68 Å².